The quantitative estimate of drug-likeness (QED) is 0.520. The second-order valence-electron chi connectivity index (χ2n) is 2.09. The Kier molecular flexibility index (Phi) is 1.45. The summed E-state index contributed by atoms with van der Waals surface area (Å²) in [6.07, 6.45) is 0. The van der Waals surface area contributed by atoms with Gasteiger partial charge in [-0.15, -0.1) is 0 Å². The first-order chi connectivity index (χ1) is 4.61. The van der Waals surface area contributed by atoms with E-state index in [0.29, 0.717) is 11.5 Å². The molecule has 0 saturated carbocycles. The topological polar surface area (TPSA) is 55.1 Å². The van der Waals surface area contributed by atoms with Crippen LogP contribution in [0.5, 0.6) is 0 Å². The number of hydrogen-bond donors (Lipinski definition) is 1. The maximum Gasteiger partial charge on any atom is 0.273 e. The van der Waals surface area contributed by atoms with Gasteiger partial charge in [0, 0.05) is 6.07 Å². The minimum absolute atomic E-state index is 0.310. The minimum Gasteiger partial charge on any atom is -0.427 e. The van der Waals surface area contributed by atoms with Crippen molar-refractivity contribution in [1.29, 1.82) is 0 Å². The fourth-order valence-corrected chi connectivity index (χ4v) is 0.734. The molecule has 0 saturated heterocycles. The zero-order chi connectivity index (χ0) is 7.72. The van der Waals surface area contributed by atoms with Crippen LogP contribution >= 0.6 is 0 Å². The van der Waals surface area contributed by atoms with Gasteiger partial charge in [0.2, 0.25) is 0 Å². The van der Waals surface area contributed by atoms with Crippen LogP contribution in [0.3, 0.4) is 0 Å². The molecule has 0 unspecified atom stereocenters. The van der Waals surface area contributed by atoms with E-state index in [0.717, 1.165) is 4.73 Å². The van der Waals surface area contributed by atoms with Crippen LogP contribution in [0.2, 0.25) is 0 Å². The molecule has 0 spiro atoms. The van der Waals surface area contributed by atoms with E-state index in [4.69, 9.17) is 5.21 Å². The standard InChI is InChI=1S/C6H8N2O2/c1-4-3-6(9)7-5(2)8(4)10/h3,10H,1-2H3. The Bertz CT molecular complexity index is 277. The molecule has 0 aromatic carbocycles. The number of hydrogen-bond acceptors (Lipinski definition) is 3. The van der Waals surface area contributed by atoms with E-state index in [2.05, 4.69) is 4.98 Å². The summed E-state index contributed by atoms with van der Waals surface area (Å²) in [5.74, 6) is 0.310. The molecule has 0 amide bonds. The molecule has 0 bridgehead atoms. The lowest BCUT2D eigenvalue weighted by Gasteiger charge is -2.02. The predicted molar refractivity (Wildman–Crippen MR) is 35.2 cm³/mol. The van der Waals surface area contributed by atoms with Crippen LogP contribution in [0, 0.1) is 13.8 Å². The first kappa shape index (κ1) is 6.80. The number of aryl methyl sites for hydroxylation is 2. The molecule has 10 heavy (non-hydrogen) atoms. The Morgan fingerprint density at radius 1 is 1.60 bits per heavy atom. The maximum absolute atomic E-state index is 10.6. The van der Waals surface area contributed by atoms with Gasteiger partial charge in [-0.2, -0.15) is 9.71 Å². The van der Waals surface area contributed by atoms with Crippen molar-refractivity contribution in [3.8, 4) is 0 Å². The third-order valence-electron chi connectivity index (χ3n) is 1.24. The number of nitrogens with zero attached hydrogens (tertiary/aromatic N) is 2. The lowest BCUT2D eigenvalue weighted by Crippen LogP contribution is -2.15. The van der Waals surface area contributed by atoms with Crippen molar-refractivity contribution in [2.45, 2.75) is 13.8 Å². The molecule has 1 aromatic rings. The molecular weight excluding hydrogens is 132 g/mol. The lowest BCUT2D eigenvalue weighted by atomic mass is 10.4. The fourth-order valence-electron chi connectivity index (χ4n) is 0.734. The SMILES string of the molecule is Cc1cc(=O)nc(C)n1O. The molecule has 1 rings (SSSR count). The summed E-state index contributed by atoms with van der Waals surface area (Å²) >= 11 is 0. The first-order valence-electron chi connectivity index (χ1n) is 2.88. The smallest absolute Gasteiger partial charge is 0.273 e. The molecular formula is C6H8N2O2. The van der Waals surface area contributed by atoms with Gasteiger partial charge in [-0.05, 0) is 13.8 Å². The van der Waals surface area contributed by atoms with Gasteiger partial charge in [0.15, 0.2) is 0 Å². The summed E-state index contributed by atoms with van der Waals surface area (Å²) in [7, 11) is 0. The van der Waals surface area contributed by atoms with Gasteiger partial charge >= 0.3 is 0 Å². The van der Waals surface area contributed by atoms with E-state index in [-0.39, 0.29) is 5.56 Å². The molecule has 1 aromatic heterocycles. The summed E-state index contributed by atoms with van der Waals surface area (Å²) in [6.45, 7) is 3.20. The molecule has 4 heteroatoms. The molecule has 0 fully saturated rings. The number of rotatable bonds is 0. The fraction of sp³-hybridized carbons (Fsp3) is 0.333. The van der Waals surface area contributed by atoms with Crippen LogP contribution in [0.4, 0.5) is 0 Å². The van der Waals surface area contributed by atoms with Gasteiger partial charge < -0.3 is 5.21 Å². The van der Waals surface area contributed by atoms with Gasteiger partial charge in [-0.25, -0.2) is 0 Å². The van der Waals surface area contributed by atoms with E-state index in [1.807, 2.05) is 0 Å². The Morgan fingerprint density at radius 2 is 2.20 bits per heavy atom. The monoisotopic (exact) mass is 140 g/mol. The van der Waals surface area contributed by atoms with Gasteiger partial charge in [0.25, 0.3) is 5.56 Å². The van der Waals surface area contributed by atoms with Gasteiger partial charge in [-0.3, -0.25) is 4.79 Å². The maximum atomic E-state index is 10.6. The van der Waals surface area contributed by atoms with E-state index in [1.54, 1.807) is 13.8 Å². The summed E-state index contributed by atoms with van der Waals surface area (Å²) < 4.78 is 0.876. The molecule has 4 nitrogen and oxygen atoms in total. The highest BCUT2D eigenvalue weighted by molar-refractivity contribution is 5.00. The first-order valence-corrected chi connectivity index (χ1v) is 2.88. The second-order valence-corrected chi connectivity index (χ2v) is 2.09. The normalized spacial score (nSPS) is 9.80. The molecule has 0 radical (unpaired) electrons. The highest BCUT2D eigenvalue weighted by Gasteiger charge is 1.97. The van der Waals surface area contributed by atoms with Crippen molar-refractivity contribution in [3.63, 3.8) is 0 Å². The highest BCUT2D eigenvalue weighted by atomic mass is 16.5. The van der Waals surface area contributed by atoms with Crippen molar-refractivity contribution < 1.29 is 5.21 Å². The predicted octanol–water partition coefficient (Wildman–Crippen LogP) is 0.0974. The van der Waals surface area contributed by atoms with E-state index < -0.39 is 0 Å². The van der Waals surface area contributed by atoms with Crippen molar-refractivity contribution in [1.82, 2.24) is 9.71 Å². The van der Waals surface area contributed by atoms with Crippen LogP contribution in [0.25, 0.3) is 0 Å². The Labute approximate surface area is 57.7 Å². The summed E-state index contributed by atoms with van der Waals surface area (Å²) in [5.41, 5.74) is 0.179. The Hall–Kier alpha value is -1.32. The minimum atomic E-state index is -0.319. The average molecular weight is 140 g/mol. The molecule has 0 aliphatic heterocycles. The summed E-state index contributed by atoms with van der Waals surface area (Å²) in [4.78, 5) is 14.1. The third kappa shape index (κ3) is 1.00. The van der Waals surface area contributed by atoms with Gasteiger partial charge in [-0.1, -0.05) is 0 Å². The lowest BCUT2D eigenvalue weighted by molar-refractivity contribution is 0.166. The summed E-state index contributed by atoms with van der Waals surface area (Å²) in [6, 6.07) is 1.27. The van der Waals surface area contributed by atoms with Crippen LogP contribution in [0.15, 0.2) is 10.9 Å². The number of aromatic nitrogens is 2. The Morgan fingerprint density at radius 3 is 2.70 bits per heavy atom. The van der Waals surface area contributed by atoms with Crippen molar-refractivity contribution in [3.05, 3.63) is 27.9 Å². The molecule has 1 heterocycles. The average Bonchev–Trinajstić information content (AvgIpc) is 1.82. The van der Waals surface area contributed by atoms with Gasteiger partial charge in [0.1, 0.15) is 5.82 Å². The van der Waals surface area contributed by atoms with Crippen molar-refractivity contribution in [2.75, 3.05) is 0 Å². The second kappa shape index (κ2) is 2.13. The molecule has 0 aliphatic rings. The van der Waals surface area contributed by atoms with Crippen LogP contribution in [-0.4, -0.2) is 14.9 Å². The van der Waals surface area contributed by atoms with Crippen molar-refractivity contribution >= 4 is 0 Å². The third-order valence-corrected chi connectivity index (χ3v) is 1.24. The zero-order valence-electron chi connectivity index (χ0n) is 5.83. The molecule has 1 N–H and O–H groups in total. The van der Waals surface area contributed by atoms with E-state index in [9.17, 15) is 4.79 Å². The summed E-state index contributed by atoms with van der Waals surface area (Å²) in [5, 5.41) is 9.05. The highest BCUT2D eigenvalue weighted by Crippen LogP contribution is 1.91. The van der Waals surface area contributed by atoms with Crippen LogP contribution in [0.1, 0.15) is 11.5 Å². The largest absolute Gasteiger partial charge is 0.427 e. The molecule has 54 valence electrons. The van der Waals surface area contributed by atoms with Gasteiger partial charge in [0.05, 0.1) is 5.69 Å². The zero-order valence-corrected chi connectivity index (χ0v) is 5.83. The van der Waals surface area contributed by atoms with E-state index >= 15 is 0 Å². The van der Waals surface area contributed by atoms with Crippen LogP contribution < -0.4 is 5.56 Å². The van der Waals surface area contributed by atoms with Crippen molar-refractivity contribution in [2.24, 2.45) is 0 Å². The molecule has 0 atom stereocenters. The van der Waals surface area contributed by atoms with E-state index in [1.165, 1.54) is 6.07 Å². The van der Waals surface area contributed by atoms with Crippen LogP contribution in [-0.2, 0) is 0 Å². The molecule has 0 aliphatic carbocycles. The Balaban J connectivity index is 3.46.